The Morgan fingerprint density at radius 2 is 2.17 bits per heavy atom. The molecule has 0 radical (unpaired) electrons. The molecule has 98 valence electrons. The number of nitrogens with zero attached hydrogens (tertiary/aromatic N) is 1. The number of amidine groups is 1. The van der Waals surface area contributed by atoms with Gasteiger partial charge in [-0.05, 0) is 25.1 Å². The van der Waals surface area contributed by atoms with Crippen molar-refractivity contribution in [2.45, 2.75) is 19.6 Å². The van der Waals surface area contributed by atoms with Gasteiger partial charge in [0.15, 0.2) is 11.5 Å². The highest BCUT2D eigenvalue weighted by Gasteiger charge is 2.17. The molecule has 1 aliphatic rings. The minimum Gasteiger partial charge on any atom is -0.493 e. The highest BCUT2D eigenvalue weighted by molar-refractivity contribution is 6.00. The monoisotopic (exact) mass is 256 g/mol. The van der Waals surface area contributed by atoms with Crippen LogP contribution in [0.3, 0.4) is 0 Å². The molecule has 1 aromatic carbocycles. The lowest BCUT2D eigenvalue weighted by Crippen LogP contribution is -2.27. The topological polar surface area (TPSA) is 42.8 Å². The van der Waals surface area contributed by atoms with Gasteiger partial charge in [-0.2, -0.15) is 8.78 Å². The van der Waals surface area contributed by atoms with E-state index < -0.39 is 6.61 Å². The number of halogens is 2. The van der Waals surface area contributed by atoms with E-state index in [4.69, 9.17) is 4.74 Å². The van der Waals surface area contributed by atoms with Gasteiger partial charge in [0.25, 0.3) is 0 Å². The van der Waals surface area contributed by atoms with Crippen molar-refractivity contribution in [2.75, 3.05) is 13.7 Å². The number of hydrogen-bond donors (Lipinski definition) is 1. The number of alkyl halides is 2. The first kappa shape index (κ1) is 12.6. The number of methoxy groups -OCH3 is 1. The molecule has 0 spiro atoms. The van der Waals surface area contributed by atoms with Crippen LogP contribution in [0, 0.1) is 0 Å². The summed E-state index contributed by atoms with van der Waals surface area (Å²) >= 11 is 0. The molecule has 0 amide bonds. The van der Waals surface area contributed by atoms with Gasteiger partial charge in [0.05, 0.1) is 13.7 Å². The highest BCUT2D eigenvalue weighted by atomic mass is 19.3. The van der Waals surface area contributed by atoms with Crippen LogP contribution in [0.1, 0.15) is 12.5 Å². The number of nitrogens with one attached hydrogen (secondary N) is 1. The minimum absolute atomic E-state index is 0.0166. The number of benzene rings is 1. The molecule has 1 atom stereocenters. The first-order valence-corrected chi connectivity index (χ1v) is 5.54. The third-order valence-corrected chi connectivity index (χ3v) is 2.56. The molecule has 1 N–H and O–H groups in total. The van der Waals surface area contributed by atoms with Crippen LogP contribution in [0.4, 0.5) is 8.78 Å². The van der Waals surface area contributed by atoms with E-state index in [1.807, 2.05) is 6.92 Å². The van der Waals surface area contributed by atoms with Gasteiger partial charge in [0, 0.05) is 11.6 Å². The molecule has 0 fully saturated rings. The predicted octanol–water partition coefficient (Wildman–Crippen LogP) is 2.03. The van der Waals surface area contributed by atoms with Crippen molar-refractivity contribution in [3.63, 3.8) is 0 Å². The first-order chi connectivity index (χ1) is 8.60. The number of rotatable bonds is 4. The SMILES string of the molecule is COc1cc(C2=NCC(C)N2)ccc1OC(F)F. The maximum absolute atomic E-state index is 12.2. The van der Waals surface area contributed by atoms with Gasteiger partial charge in [0.2, 0.25) is 0 Å². The van der Waals surface area contributed by atoms with E-state index in [9.17, 15) is 8.78 Å². The summed E-state index contributed by atoms with van der Waals surface area (Å²) in [6, 6.07) is 5.03. The fourth-order valence-corrected chi connectivity index (χ4v) is 1.74. The van der Waals surface area contributed by atoms with Gasteiger partial charge in [-0.1, -0.05) is 0 Å². The fourth-order valence-electron chi connectivity index (χ4n) is 1.74. The Morgan fingerprint density at radius 1 is 1.39 bits per heavy atom. The van der Waals surface area contributed by atoms with Gasteiger partial charge < -0.3 is 14.8 Å². The third kappa shape index (κ3) is 2.69. The molecule has 1 aromatic rings. The summed E-state index contributed by atoms with van der Waals surface area (Å²) in [4.78, 5) is 4.31. The van der Waals surface area contributed by atoms with Crippen LogP contribution in [0.2, 0.25) is 0 Å². The molecule has 18 heavy (non-hydrogen) atoms. The maximum atomic E-state index is 12.2. The molecule has 0 saturated heterocycles. The Balaban J connectivity index is 2.24. The van der Waals surface area contributed by atoms with Gasteiger partial charge in [-0.3, -0.25) is 4.99 Å². The maximum Gasteiger partial charge on any atom is 0.387 e. The summed E-state index contributed by atoms with van der Waals surface area (Å²) in [7, 11) is 1.41. The second kappa shape index (κ2) is 5.20. The van der Waals surface area contributed by atoms with Crippen LogP contribution in [-0.2, 0) is 0 Å². The van der Waals surface area contributed by atoms with Gasteiger partial charge in [0.1, 0.15) is 5.84 Å². The predicted molar refractivity (Wildman–Crippen MR) is 63.6 cm³/mol. The second-order valence-corrected chi connectivity index (χ2v) is 3.98. The normalized spacial score (nSPS) is 18.5. The largest absolute Gasteiger partial charge is 0.493 e. The molecule has 4 nitrogen and oxygen atoms in total. The van der Waals surface area contributed by atoms with Crippen LogP contribution in [-0.4, -0.2) is 32.1 Å². The highest BCUT2D eigenvalue weighted by Crippen LogP contribution is 2.29. The van der Waals surface area contributed by atoms with Crippen molar-refractivity contribution in [1.29, 1.82) is 0 Å². The lowest BCUT2D eigenvalue weighted by molar-refractivity contribution is -0.0512. The molecule has 0 aromatic heterocycles. The second-order valence-electron chi connectivity index (χ2n) is 3.98. The van der Waals surface area contributed by atoms with E-state index in [-0.39, 0.29) is 17.5 Å². The zero-order valence-electron chi connectivity index (χ0n) is 10.1. The quantitative estimate of drug-likeness (QED) is 0.896. The van der Waals surface area contributed by atoms with Gasteiger partial charge in [-0.15, -0.1) is 0 Å². The van der Waals surface area contributed by atoms with Crippen molar-refractivity contribution in [1.82, 2.24) is 5.32 Å². The van der Waals surface area contributed by atoms with E-state index in [2.05, 4.69) is 15.0 Å². The Kier molecular flexibility index (Phi) is 3.64. The Labute approximate surface area is 104 Å². The van der Waals surface area contributed by atoms with Gasteiger partial charge >= 0.3 is 6.61 Å². The van der Waals surface area contributed by atoms with Crippen molar-refractivity contribution < 1.29 is 18.3 Å². The first-order valence-electron chi connectivity index (χ1n) is 5.54. The van der Waals surface area contributed by atoms with E-state index in [0.29, 0.717) is 6.54 Å². The lowest BCUT2D eigenvalue weighted by atomic mass is 10.2. The van der Waals surface area contributed by atoms with Gasteiger partial charge in [-0.25, -0.2) is 0 Å². The summed E-state index contributed by atoms with van der Waals surface area (Å²) in [5.74, 6) is 1.02. The zero-order valence-corrected chi connectivity index (χ0v) is 10.1. The van der Waals surface area contributed by atoms with Crippen LogP contribution in [0.25, 0.3) is 0 Å². The fraction of sp³-hybridized carbons (Fsp3) is 0.417. The van der Waals surface area contributed by atoms with Crippen molar-refractivity contribution in [3.8, 4) is 11.5 Å². The molecule has 1 heterocycles. The summed E-state index contributed by atoms with van der Waals surface area (Å²) in [6.07, 6.45) is 0. The number of hydrogen-bond acceptors (Lipinski definition) is 4. The lowest BCUT2D eigenvalue weighted by Gasteiger charge is -2.12. The smallest absolute Gasteiger partial charge is 0.387 e. The van der Waals surface area contributed by atoms with E-state index >= 15 is 0 Å². The van der Waals surface area contributed by atoms with Crippen LogP contribution in [0.5, 0.6) is 11.5 Å². The van der Waals surface area contributed by atoms with Crippen LogP contribution < -0.4 is 14.8 Å². The Morgan fingerprint density at radius 3 is 2.72 bits per heavy atom. The summed E-state index contributed by atoms with van der Waals surface area (Å²) in [6.45, 7) is -0.152. The molecule has 2 rings (SSSR count). The molecule has 1 unspecified atom stereocenters. The zero-order chi connectivity index (χ0) is 13.1. The molecule has 0 saturated carbocycles. The van der Waals surface area contributed by atoms with Crippen molar-refractivity contribution in [3.05, 3.63) is 23.8 Å². The molecular weight excluding hydrogens is 242 g/mol. The Hall–Kier alpha value is -1.85. The van der Waals surface area contributed by atoms with E-state index in [1.54, 1.807) is 12.1 Å². The average Bonchev–Trinajstić information content (AvgIpc) is 2.75. The standard InChI is InChI=1S/C12H14F2N2O2/c1-7-6-15-11(16-7)8-3-4-9(18-12(13)14)10(5-8)17-2/h3-5,7,12H,6H2,1-2H3,(H,15,16). The third-order valence-electron chi connectivity index (χ3n) is 2.56. The number of aliphatic imine (C=N–C) groups is 1. The van der Waals surface area contributed by atoms with Crippen molar-refractivity contribution >= 4 is 5.84 Å². The minimum atomic E-state index is -2.87. The average molecular weight is 256 g/mol. The van der Waals surface area contributed by atoms with E-state index in [1.165, 1.54) is 13.2 Å². The number of ether oxygens (including phenoxy) is 2. The van der Waals surface area contributed by atoms with Crippen LogP contribution >= 0.6 is 0 Å². The summed E-state index contributed by atoms with van der Waals surface area (Å²) in [5, 5.41) is 3.19. The Bertz CT molecular complexity index is 463. The van der Waals surface area contributed by atoms with E-state index in [0.717, 1.165) is 11.4 Å². The molecule has 0 aliphatic carbocycles. The van der Waals surface area contributed by atoms with Crippen molar-refractivity contribution in [2.24, 2.45) is 4.99 Å². The molecular formula is C12H14F2N2O2. The van der Waals surface area contributed by atoms with Crippen LogP contribution in [0.15, 0.2) is 23.2 Å². The molecule has 6 heteroatoms. The molecule has 0 bridgehead atoms. The summed E-state index contributed by atoms with van der Waals surface area (Å²) in [5.41, 5.74) is 0.790. The summed E-state index contributed by atoms with van der Waals surface area (Å²) < 4.78 is 33.7. The molecule has 1 aliphatic heterocycles.